The van der Waals surface area contributed by atoms with Gasteiger partial charge in [-0.15, -0.1) is 12.4 Å². The molecule has 1 aliphatic heterocycles. The molecule has 2 N–H and O–H groups in total. The average molecular weight is 421 g/mol. The Labute approximate surface area is 166 Å². The second-order valence-corrected chi connectivity index (χ2v) is 10.3. The smallest absolute Gasteiger partial charge is 0.244 e. The van der Waals surface area contributed by atoms with Gasteiger partial charge in [-0.05, 0) is 55.5 Å². The zero-order valence-electron chi connectivity index (χ0n) is 14.9. The van der Waals surface area contributed by atoms with Gasteiger partial charge in [0.1, 0.15) is 0 Å². The average Bonchev–Trinajstić information content (AvgIpc) is 3.23. The van der Waals surface area contributed by atoms with Crippen LogP contribution in [-0.2, 0) is 14.6 Å². The summed E-state index contributed by atoms with van der Waals surface area (Å²) in [7, 11) is -3.78. The lowest BCUT2D eigenvalue weighted by Gasteiger charge is -2.33. The number of hydrogen-bond donors (Lipinski definition) is 1. The van der Waals surface area contributed by atoms with Crippen molar-refractivity contribution in [2.75, 3.05) is 19.6 Å². The molecule has 0 aromatic heterocycles. The predicted octanol–water partition coefficient (Wildman–Crippen LogP) is 3.05. The monoisotopic (exact) mass is 420 g/mol. The Kier molecular flexibility index (Phi) is 6.33. The highest BCUT2D eigenvalue weighted by molar-refractivity contribution is 7.93. The first-order chi connectivity index (χ1) is 11.7. The summed E-state index contributed by atoms with van der Waals surface area (Å²) in [6.07, 6.45) is 3.08. The van der Waals surface area contributed by atoms with Crippen molar-refractivity contribution in [1.29, 1.82) is 0 Å². The Bertz CT molecular complexity index is 761. The molecule has 1 aromatic rings. The fourth-order valence-electron chi connectivity index (χ4n) is 4.03. The molecule has 5 nitrogen and oxygen atoms in total. The summed E-state index contributed by atoms with van der Waals surface area (Å²) in [6.45, 7) is 3.65. The minimum Gasteiger partial charge on any atom is -0.341 e. The first kappa shape index (κ1) is 21.5. The Balaban J connectivity index is 0.00000243. The normalized spacial score (nSPS) is 25.1. The summed E-state index contributed by atoms with van der Waals surface area (Å²) < 4.78 is 25.4. The maximum absolute atomic E-state index is 13.4. The number of benzene rings is 1. The first-order valence-corrected chi connectivity index (χ1v) is 10.6. The number of nitrogens with two attached hydrogens (primary N) is 1. The van der Waals surface area contributed by atoms with Crippen LogP contribution in [0, 0.1) is 5.41 Å². The molecule has 26 heavy (non-hydrogen) atoms. The number of amides is 1. The lowest BCUT2D eigenvalue weighted by atomic mass is 9.90. The van der Waals surface area contributed by atoms with E-state index in [2.05, 4.69) is 6.92 Å². The summed E-state index contributed by atoms with van der Waals surface area (Å²) in [5.74, 6) is -0.253. The highest BCUT2D eigenvalue weighted by Gasteiger charge is 2.55. The van der Waals surface area contributed by atoms with Gasteiger partial charge in [-0.3, -0.25) is 4.79 Å². The summed E-state index contributed by atoms with van der Waals surface area (Å²) in [5.41, 5.74) is 5.71. The molecule has 1 atom stereocenters. The van der Waals surface area contributed by atoms with Gasteiger partial charge in [0.05, 0.1) is 4.90 Å². The fraction of sp³-hybridized carbons (Fsp3) is 0.611. The Hall–Kier alpha value is -0.820. The minimum atomic E-state index is -3.78. The van der Waals surface area contributed by atoms with E-state index in [1.807, 2.05) is 0 Å². The predicted molar refractivity (Wildman–Crippen MR) is 105 cm³/mol. The third-order valence-electron chi connectivity index (χ3n) is 5.78. The molecule has 1 aliphatic carbocycles. The molecule has 2 fully saturated rings. The SMILES string of the molecule is CC1(CN)CCN(C(=O)C2(S(=O)(=O)c3ccc(Cl)cc3)CCCC2)C1.Cl. The molecule has 1 amide bonds. The maximum atomic E-state index is 13.4. The van der Waals surface area contributed by atoms with E-state index in [4.69, 9.17) is 17.3 Å². The van der Waals surface area contributed by atoms with E-state index in [-0.39, 0.29) is 28.6 Å². The third-order valence-corrected chi connectivity index (χ3v) is 8.53. The summed E-state index contributed by atoms with van der Waals surface area (Å²) in [4.78, 5) is 15.2. The number of carbonyl (C=O) groups excluding carboxylic acids is 1. The van der Waals surface area contributed by atoms with E-state index in [9.17, 15) is 13.2 Å². The third kappa shape index (κ3) is 3.49. The molecule has 1 aromatic carbocycles. The van der Waals surface area contributed by atoms with Gasteiger partial charge in [-0.25, -0.2) is 8.42 Å². The van der Waals surface area contributed by atoms with Crippen molar-refractivity contribution < 1.29 is 13.2 Å². The Morgan fingerprint density at radius 2 is 1.77 bits per heavy atom. The Morgan fingerprint density at radius 3 is 2.27 bits per heavy atom. The van der Waals surface area contributed by atoms with Crippen LogP contribution in [0.25, 0.3) is 0 Å². The van der Waals surface area contributed by atoms with Crippen LogP contribution in [0.15, 0.2) is 29.2 Å². The molecule has 1 saturated heterocycles. The largest absolute Gasteiger partial charge is 0.341 e. The fourth-order valence-corrected chi connectivity index (χ4v) is 6.29. The Morgan fingerprint density at radius 1 is 1.19 bits per heavy atom. The van der Waals surface area contributed by atoms with E-state index >= 15 is 0 Å². The zero-order chi connectivity index (χ0) is 18.3. The van der Waals surface area contributed by atoms with Crippen molar-refractivity contribution in [2.45, 2.75) is 48.7 Å². The number of likely N-dealkylation sites (tertiary alicyclic amines) is 1. The van der Waals surface area contributed by atoms with Crippen molar-refractivity contribution in [2.24, 2.45) is 11.1 Å². The van der Waals surface area contributed by atoms with Gasteiger partial charge in [0, 0.05) is 18.1 Å². The quantitative estimate of drug-likeness (QED) is 0.811. The number of carbonyl (C=O) groups is 1. The van der Waals surface area contributed by atoms with E-state index < -0.39 is 14.6 Å². The molecule has 0 radical (unpaired) electrons. The first-order valence-electron chi connectivity index (χ1n) is 8.74. The van der Waals surface area contributed by atoms with Crippen LogP contribution in [0.1, 0.15) is 39.0 Å². The summed E-state index contributed by atoms with van der Waals surface area (Å²) >= 11 is 5.89. The lowest BCUT2D eigenvalue weighted by Crippen LogP contribution is -2.52. The molecule has 8 heteroatoms. The second-order valence-electron chi connectivity index (χ2n) is 7.65. The van der Waals surface area contributed by atoms with Gasteiger partial charge in [-0.1, -0.05) is 31.4 Å². The van der Waals surface area contributed by atoms with Gasteiger partial charge in [0.15, 0.2) is 14.6 Å². The van der Waals surface area contributed by atoms with Crippen LogP contribution in [0.2, 0.25) is 5.02 Å². The minimum absolute atomic E-state index is 0. The molecule has 0 spiro atoms. The highest BCUT2D eigenvalue weighted by Crippen LogP contribution is 2.43. The maximum Gasteiger partial charge on any atom is 0.244 e. The van der Waals surface area contributed by atoms with Crippen LogP contribution in [0.4, 0.5) is 0 Å². The van der Waals surface area contributed by atoms with Crippen molar-refractivity contribution in [3.63, 3.8) is 0 Å². The molecular weight excluding hydrogens is 395 g/mol. The second kappa shape index (κ2) is 7.66. The standard InChI is InChI=1S/C18H25ClN2O3S.ClH/c1-17(12-20)10-11-21(13-17)16(22)18(8-2-3-9-18)25(23,24)15-6-4-14(19)5-7-15;/h4-7H,2-3,8-13,20H2,1H3;1H. The number of hydrogen-bond acceptors (Lipinski definition) is 4. The molecule has 1 unspecified atom stereocenters. The van der Waals surface area contributed by atoms with Crippen LogP contribution in [0.5, 0.6) is 0 Å². The molecule has 146 valence electrons. The van der Waals surface area contributed by atoms with E-state index in [0.29, 0.717) is 37.5 Å². The van der Waals surface area contributed by atoms with Crippen LogP contribution >= 0.6 is 24.0 Å². The van der Waals surface area contributed by atoms with E-state index in [1.54, 1.807) is 17.0 Å². The number of sulfone groups is 1. The molecule has 1 heterocycles. The molecule has 0 bridgehead atoms. The van der Waals surface area contributed by atoms with Crippen molar-refractivity contribution in [1.82, 2.24) is 4.90 Å². The van der Waals surface area contributed by atoms with Gasteiger partial charge < -0.3 is 10.6 Å². The lowest BCUT2D eigenvalue weighted by molar-refractivity contribution is -0.133. The van der Waals surface area contributed by atoms with Crippen LogP contribution < -0.4 is 5.73 Å². The van der Waals surface area contributed by atoms with Gasteiger partial charge in [0.25, 0.3) is 0 Å². The van der Waals surface area contributed by atoms with Gasteiger partial charge in [0.2, 0.25) is 5.91 Å². The van der Waals surface area contributed by atoms with Crippen LogP contribution in [0.3, 0.4) is 0 Å². The van der Waals surface area contributed by atoms with Crippen molar-refractivity contribution >= 4 is 39.8 Å². The summed E-state index contributed by atoms with van der Waals surface area (Å²) in [5, 5.41) is 0.476. The van der Waals surface area contributed by atoms with Gasteiger partial charge >= 0.3 is 0 Å². The summed E-state index contributed by atoms with van der Waals surface area (Å²) in [6, 6.07) is 6.11. The topological polar surface area (TPSA) is 80.5 Å². The molecular formula is C18H26Cl2N2O3S. The van der Waals surface area contributed by atoms with E-state index in [0.717, 1.165) is 19.3 Å². The highest BCUT2D eigenvalue weighted by atomic mass is 35.5. The number of halogens is 2. The van der Waals surface area contributed by atoms with E-state index in [1.165, 1.54) is 12.1 Å². The molecule has 2 aliphatic rings. The zero-order valence-corrected chi connectivity index (χ0v) is 17.3. The number of rotatable bonds is 4. The number of nitrogens with zero attached hydrogens (tertiary/aromatic N) is 1. The van der Waals surface area contributed by atoms with Crippen LogP contribution in [-0.4, -0.2) is 43.6 Å². The van der Waals surface area contributed by atoms with Gasteiger partial charge in [-0.2, -0.15) is 0 Å². The molecule has 3 rings (SSSR count). The van der Waals surface area contributed by atoms with Crippen molar-refractivity contribution in [3.05, 3.63) is 29.3 Å². The molecule has 1 saturated carbocycles. The van der Waals surface area contributed by atoms with Crippen molar-refractivity contribution in [3.8, 4) is 0 Å².